The van der Waals surface area contributed by atoms with Crippen LogP contribution in [0.25, 0.3) is 0 Å². The molecule has 33 heavy (non-hydrogen) atoms. The number of methoxy groups -OCH3 is 1. The molecule has 8 heteroatoms. The smallest absolute Gasteiger partial charge is 0.305 e. The molecule has 0 unspecified atom stereocenters. The van der Waals surface area contributed by atoms with Crippen molar-refractivity contribution in [1.82, 2.24) is 15.2 Å². The molecule has 0 radical (unpaired) electrons. The largest absolute Gasteiger partial charge is 0.497 e. The monoisotopic (exact) mass is 453 g/mol. The molecule has 8 nitrogen and oxygen atoms in total. The molecule has 176 valence electrons. The lowest BCUT2D eigenvalue weighted by Gasteiger charge is -2.36. The highest BCUT2D eigenvalue weighted by Crippen LogP contribution is 2.34. The third-order valence-electron chi connectivity index (χ3n) is 6.11. The van der Waals surface area contributed by atoms with E-state index >= 15 is 0 Å². The molecule has 2 N–H and O–H groups in total. The van der Waals surface area contributed by atoms with E-state index in [2.05, 4.69) is 10.3 Å². The van der Waals surface area contributed by atoms with Crippen molar-refractivity contribution >= 4 is 17.8 Å². The number of hydrogen-bond acceptors (Lipinski definition) is 5. The second kappa shape index (κ2) is 12.0. The maximum absolute atomic E-state index is 13.0. The molecule has 1 aliphatic heterocycles. The molecule has 0 saturated carbocycles. The minimum atomic E-state index is -0.950. The molecule has 1 aromatic carbocycles. The first-order chi connectivity index (χ1) is 16.0. The van der Waals surface area contributed by atoms with Crippen molar-refractivity contribution in [1.29, 1.82) is 0 Å². The van der Waals surface area contributed by atoms with Crippen LogP contribution in [0.4, 0.5) is 0 Å². The summed E-state index contributed by atoms with van der Waals surface area (Å²) in [5.41, 5.74) is 1.91. The number of likely N-dealkylation sites (tertiary alicyclic amines) is 1. The van der Waals surface area contributed by atoms with Crippen molar-refractivity contribution in [3.8, 4) is 5.75 Å². The van der Waals surface area contributed by atoms with Gasteiger partial charge in [-0.25, -0.2) is 0 Å². The number of carbonyl (C=O) groups is 3. The Kier molecular flexibility index (Phi) is 8.80. The Morgan fingerprint density at radius 3 is 2.48 bits per heavy atom. The van der Waals surface area contributed by atoms with Gasteiger partial charge in [0.05, 0.1) is 19.4 Å². The molecule has 2 heterocycles. The number of benzene rings is 1. The number of carboxylic acid groups (broad SMARTS) is 1. The molecule has 0 aliphatic carbocycles. The predicted molar refractivity (Wildman–Crippen MR) is 123 cm³/mol. The zero-order valence-electron chi connectivity index (χ0n) is 18.9. The summed E-state index contributed by atoms with van der Waals surface area (Å²) < 4.78 is 5.23. The summed E-state index contributed by atoms with van der Waals surface area (Å²) in [7, 11) is 1.59. The summed E-state index contributed by atoms with van der Waals surface area (Å²) in [5.74, 6) is -0.651. The molecule has 2 aromatic rings. The highest BCUT2D eigenvalue weighted by molar-refractivity contribution is 5.84. The topological polar surface area (TPSA) is 109 Å². The lowest BCUT2D eigenvalue weighted by molar-refractivity contribution is -0.137. The van der Waals surface area contributed by atoms with Crippen molar-refractivity contribution in [3.63, 3.8) is 0 Å². The number of carboxylic acids is 1. The van der Waals surface area contributed by atoms with Crippen LogP contribution in [-0.2, 0) is 20.8 Å². The number of hydrogen-bond donors (Lipinski definition) is 2. The van der Waals surface area contributed by atoms with Crippen LogP contribution in [0, 0.1) is 5.92 Å². The van der Waals surface area contributed by atoms with Gasteiger partial charge >= 0.3 is 5.97 Å². The van der Waals surface area contributed by atoms with E-state index in [0.717, 1.165) is 11.1 Å². The molecule has 1 fully saturated rings. The van der Waals surface area contributed by atoms with E-state index in [1.807, 2.05) is 41.3 Å². The Morgan fingerprint density at radius 2 is 1.88 bits per heavy atom. The van der Waals surface area contributed by atoms with Gasteiger partial charge in [-0.2, -0.15) is 0 Å². The SMILES string of the molecule is COc1ccc([C@@H](C(=O)NCCC(=O)O)C2CCN(C(=O)CCc3cccnc3)CC2)cc1. The molecule has 1 aliphatic rings. The van der Waals surface area contributed by atoms with Crippen molar-refractivity contribution in [3.05, 3.63) is 59.9 Å². The minimum absolute atomic E-state index is 0.0607. The van der Waals surface area contributed by atoms with Crippen molar-refractivity contribution in [2.24, 2.45) is 5.92 Å². The van der Waals surface area contributed by atoms with Gasteiger partial charge in [0.25, 0.3) is 0 Å². The molecular weight excluding hydrogens is 422 g/mol. The molecule has 2 amide bonds. The van der Waals surface area contributed by atoms with Gasteiger partial charge in [0.1, 0.15) is 5.75 Å². The zero-order chi connectivity index (χ0) is 23.6. The average Bonchev–Trinajstić information content (AvgIpc) is 2.84. The Balaban J connectivity index is 1.61. The Hall–Kier alpha value is -3.42. The quantitative estimate of drug-likeness (QED) is 0.573. The number of aliphatic carboxylic acids is 1. The first-order valence-corrected chi connectivity index (χ1v) is 11.3. The number of aryl methyl sites for hydroxylation is 1. The minimum Gasteiger partial charge on any atom is -0.497 e. The maximum Gasteiger partial charge on any atom is 0.305 e. The fraction of sp³-hybridized carbons (Fsp3) is 0.440. The highest BCUT2D eigenvalue weighted by atomic mass is 16.5. The van der Waals surface area contributed by atoms with Gasteiger partial charge < -0.3 is 20.1 Å². The summed E-state index contributed by atoms with van der Waals surface area (Å²) in [6.45, 7) is 1.30. The van der Waals surface area contributed by atoms with Crippen LogP contribution in [0.2, 0.25) is 0 Å². The number of carbonyl (C=O) groups excluding carboxylic acids is 2. The molecule has 0 spiro atoms. The fourth-order valence-corrected chi connectivity index (χ4v) is 4.29. The van der Waals surface area contributed by atoms with E-state index in [4.69, 9.17) is 9.84 Å². The van der Waals surface area contributed by atoms with E-state index < -0.39 is 11.9 Å². The van der Waals surface area contributed by atoms with E-state index in [1.165, 1.54) is 0 Å². The average molecular weight is 454 g/mol. The molecule has 1 aromatic heterocycles. The van der Waals surface area contributed by atoms with E-state index in [0.29, 0.717) is 44.5 Å². The van der Waals surface area contributed by atoms with Crippen LogP contribution in [0.1, 0.15) is 42.7 Å². The van der Waals surface area contributed by atoms with Crippen molar-refractivity contribution in [2.45, 2.75) is 38.0 Å². The van der Waals surface area contributed by atoms with E-state index in [9.17, 15) is 14.4 Å². The molecule has 1 saturated heterocycles. The first-order valence-electron chi connectivity index (χ1n) is 11.3. The summed E-state index contributed by atoms with van der Waals surface area (Å²) in [6.07, 6.45) is 5.89. The number of amides is 2. The number of nitrogens with zero attached hydrogens (tertiary/aromatic N) is 2. The number of rotatable bonds is 10. The number of pyridine rings is 1. The van der Waals surface area contributed by atoms with E-state index in [1.54, 1.807) is 19.5 Å². The normalized spacial score (nSPS) is 15.0. The first kappa shape index (κ1) is 24.2. The van der Waals surface area contributed by atoms with Crippen molar-refractivity contribution in [2.75, 3.05) is 26.7 Å². The van der Waals surface area contributed by atoms with Crippen LogP contribution >= 0.6 is 0 Å². The third kappa shape index (κ3) is 7.03. The van der Waals surface area contributed by atoms with Gasteiger partial charge in [0.15, 0.2) is 0 Å². The number of nitrogens with one attached hydrogen (secondary N) is 1. The predicted octanol–water partition coefficient (Wildman–Crippen LogP) is 2.64. The zero-order valence-corrected chi connectivity index (χ0v) is 18.9. The van der Waals surface area contributed by atoms with Gasteiger partial charge in [0, 0.05) is 38.4 Å². The lowest BCUT2D eigenvalue weighted by Crippen LogP contribution is -2.43. The summed E-state index contributed by atoms with van der Waals surface area (Å²) in [6, 6.07) is 11.2. The summed E-state index contributed by atoms with van der Waals surface area (Å²) >= 11 is 0. The maximum atomic E-state index is 13.0. The third-order valence-corrected chi connectivity index (χ3v) is 6.11. The molecule has 0 bridgehead atoms. The van der Waals surface area contributed by atoms with Crippen LogP contribution < -0.4 is 10.1 Å². The van der Waals surface area contributed by atoms with Crippen molar-refractivity contribution < 1.29 is 24.2 Å². The molecule has 1 atom stereocenters. The van der Waals surface area contributed by atoms with Gasteiger partial charge in [-0.05, 0) is 54.5 Å². The highest BCUT2D eigenvalue weighted by Gasteiger charge is 2.33. The lowest BCUT2D eigenvalue weighted by atomic mass is 9.79. The molecule has 3 rings (SSSR count). The van der Waals surface area contributed by atoms with Gasteiger partial charge in [-0.3, -0.25) is 19.4 Å². The van der Waals surface area contributed by atoms with Crippen LogP contribution in [0.15, 0.2) is 48.8 Å². The Labute approximate surface area is 194 Å². The second-order valence-corrected chi connectivity index (χ2v) is 8.27. The number of ether oxygens (including phenoxy) is 1. The number of aromatic nitrogens is 1. The van der Waals surface area contributed by atoms with Gasteiger partial charge in [-0.15, -0.1) is 0 Å². The summed E-state index contributed by atoms with van der Waals surface area (Å²) in [5, 5.41) is 11.7. The summed E-state index contributed by atoms with van der Waals surface area (Å²) in [4.78, 5) is 42.5. The van der Waals surface area contributed by atoms with Crippen LogP contribution in [0.5, 0.6) is 5.75 Å². The standard InChI is InChI=1S/C25H31N3O5/c1-33-21-7-5-19(6-8-21)24(25(32)27-14-10-23(30)31)20-11-15-28(16-12-20)22(29)9-4-18-3-2-13-26-17-18/h2-3,5-8,13,17,20,24H,4,9-12,14-16H2,1H3,(H,27,32)(H,30,31)/t24-/m1/s1. The van der Waals surface area contributed by atoms with Gasteiger partial charge in [0.2, 0.25) is 11.8 Å². The molecular formula is C25H31N3O5. The Bertz CT molecular complexity index is 925. The van der Waals surface area contributed by atoms with Gasteiger partial charge in [-0.1, -0.05) is 18.2 Å². The number of piperidine rings is 1. The van der Waals surface area contributed by atoms with Crippen LogP contribution in [0.3, 0.4) is 0 Å². The van der Waals surface area contributed by atoms with Crippen LogP contribution in [-0.4, -0.2) is 59.5 Å². The van der Waals surface area contributed by atoms with E-state index in [-0.39, 0.29) is 30.7 Å². The Morgan fingerprint density at radius 1 is 1.15 bits per heavy atom. The fourth-order valence-electron chi connectivity index (χ4n) is 4.29. The second-order valence-electron chi connectivity index (χ2n) is 8.27.